The molecule has 3 N–H and O–H groups in total. The molecule has 15 heavy (non-hydrogen) atoms. The number of pyridine rings is 1. The van der Waals surface area contributed by atoms with E-state index in [4.69, 9.17) is 5.73 Å². The Balaban J connectivity index is 2.77. The molecular formula is C10H14BrN3O. The van der Waals surface area contributed by atoms with Crippen LogP contribution in [0.1, 0.15) is 12.6 Å². The maximum atomic E-state index is 11.6. The third kappa shape index (κ3) is 3.28. The highest BCUT2D eigenvalue weighted by Crippen LogP contribution is 2.16. The molecule has 4 nitrogen and oxygen atoms in total. The molecule has 0 aromatic carbocycles. The Morgan fingerprint density at radius 3 is 2.87 bits per heavy atom. The normalized spacial score (nSPS) is 12.3. The molecule has 0 aliphatic heterocycles. The molecule has 5 heteroatoms. The molecule has 0 saturated carbocycles. The molecule has 82 valence electrons. The van der Waals surface area contributed by atoms with Crippen LogP contribution in [0.15, 0.2) is 16.7 Å². The Labute approximate surface area is 97.4 Å². The number of halogens is 1. The molecular weight excluding hydrogens is 258 g/mol. The first-order valence-electron chi connectivity index (χ1n) is 4.68. The molecule has 1 aromatic heterocycles. The molecule has 1 atom stereocenters. The van der Waals surface area contributed by atoms with Crippen molar-refractivity contribution < 1.29 is 4.79 Å². The Morgan fingerprint density at radius 2 is 2.33 bits per heavy atom. The monoisotopic (exact) mass is 271 g/mol. The van der Waals surface area contributed by atoms with Crippen LogP contribution < -0.4 is 11.1 Å². The van der Waals surface area contributed by atoms with Crippen LogP contribution in [0.25, 0.3) is 0 Å². The van der Waals surface area contributed by atoms with E-state index in [1.165, 1.54) is 0 Å². The number of aromatic nitrogens is 1. The third-order valence-corrected chi connectivity index (χ3v) is 2.55. The van der Waals surface area contributed by atoms with Gasteiger partial charge in [0.1, 0.15) is 4.60 Å². The predicted octanol–water partition coefficient (Wildman–Crippen LogP) is 1.69. The van der Waals surface area contributed by atoms with Gasteiger partial charge in [-0.1, -0.05) is 6.92 Å². The summed E-state index contributed by atoms with van der Waals surface area (Å²) in [5, 5.41) is 2.79. The highest BCUT2D eigenvalue weighted by molar-refractivity contribution is 9.10. The molecule has 0 fully saturated rings. The first-order valence-corrected chi connectivity index (χ1v) is 5.48. The minimum atomic E-state index is -0.187. The summed E-state index contributed by atoms with van der Waals surface area (Å²) in [6.07, 6.45) is 0. The number of hydrogen-bond acceptors (Lipinski definition) is 3. The number of hydrogen-bond donors (Lipinski definition) is 2. The minimum absolute atomic E-state index is 0.0790. The van der Waals surface area contributed by atoms with Gasteiger partial charge in [0.15, 0.2) is 0 Å². The lowest BCUT2D eigenvalue weighted by Crippen LogP contribution is -2.27. The number of nitrogens with zero attached hydrogens (tertiary/aromatic N) is 1. The molecule has 0 aliphatic carbocycles. The van der Waals surface area contributed by atoms with Gasteiger partial charge in [-0.15, -0.1) is 0 Å². The van der Waals surface area contributed by atoms with E-state index in [0.717, 1.165) is 16.0 Å². The van der Waals surface area contributed by atoms with E-state index >= 15 is 0 Å². The first-order chi connectivity index (χ1) is 7.04. The van der Waals surface area contributed by atoms with Crippen molar-refractivity contribution >= 4 is 27.5 Å². The van der Waals surface area contributed by atoms with Gasteiger partial charge >= 0.3 is 0 Å². The van der Waals surface area contributed by atoms with E-state index in [9.17, 15) is 4.79 Å². The van der Waals surface area contributed by atoms with Crippen LogP contribution in [0.5, 0.6) is 0 Å². The van der Waals surface area contributed by atoms with Crippen molar-refractivity contribution in [3.05, 3.63) is 22.4 Å². The summed E-state index contributed by atoms with van der Waals surface area (Å²) in [6.45, 7) is 3.97. The van der Waals surface area contributed by atoms with Crippen molar-refractivity contribution in [3.8, 4) is 0 Å². The molecule has 1 amide bonds. The zero-order chi connectivity index (χ0) is 11.4. The average molecular weight is 272 g/mol. The number of carbonyl (C=O) groups is 1. The SMILES string of the molecule is Cc1nc(Br)ccc1NC(=O)C(C)CN. The molecule has 1 heterocycles. The lowest BCUT2D eigenvalue weighted by Gasteiger charge is -2.11. The lowest BCUT2D eigenvalue weighted by atomic mass is 10.1. The summed E-state index contributed by atoms with van der Waals surface area (Å²) in [4.78, 5) is 15.7. The summed E-state index contributed by atoms with van der Waals surface area (Å²) in [7, 11) is 0. The van der Waals surface area contributed by atoms with Crippen LogP contribution in [-0.2, 0) is 4.79 Å². The maximum Gasteiger partial charge on any atom is 0.228 e. The summed E-state index contributed by atoms with van der Waals surface area (Å²) in [5.74, 6) is -0.266. The second kappa shape index (κ2) is 5.23. The van der Waals surface area contributed by atoms with Crippen molar-refractivity contribution in [1.29, 1.82) is 0 Å². The van der Waals surface area contributed by atoms with Gasteiger partial charge in [-0.2, -0.15) is 0 Å². The van der Waals surface area contributed by atoms with Crippen molar-refractivity contribution in [2.75, 3.05) is 11.9 Å². The van der Waals surface area contributed by atoms with Crippen molar-refractivity contribution in [1.82, 2.24) is 4.98 Å². The van der Waals surface area contributed by atoms with Crippen molar-refractivity contribution in [2.24, 2.45) is 11.7 Å². The number of nitrogens with two attached hydrogens (primary N) is 1. The predicted molar refractivity (Wildman–Crippen MR) is 63.5 cm³/mol. The highest BCUT2D eigenvalue weighted by Gasteiger charge is 2.12. The molecule has 0 saturated heterocycles. The van der Waals surface area contributed by atoms with Crippen LogP contribution in [0.4, 0.5) is 5.69 Å². The molecule has 0 spiro atoms. The summed E-state index contributed by atoms with van der Waals surface area (Å²) in [6, 6.07) is 3.60. The zero-order valence-electron chi connectivity index (χ0n) is 8.75. The lowest BCUT2D eigenvalue weighted by molar-refractivity contribution is -0.119. The Bertz CT molecular complexity index is 368. The fourth-order valence-electron chi connectivity index (χ4n) is 1.03. The smallest absolute Gasteiger partial charge is 0.228 e. The zero-order valence-corrected chi connectivity index (χ0v) is 10.3. The van der Waals surface area contributed by atoms with Crippen LogP contribution in [0.3, 0.4) is 0 Å². The van der Waals surface area contributed by atoms with Gasteiger partial charge in [-0.25, -0.2) is 4.98 Å². The van der Waals surface area contributed by atoms with E-state index in [0.29, 0.717) is 6.54 Å². The van der Waals surface area contributed by atoms with E-state index in [-0.39, 0.29) is 11.8 Å². The van der Waals surface area contributed by atoms with Gasteiger partial charge in [0.25, 0.3) is 0 Å². The van der Waals surface area contributed by atoms with Gasteiger partial charge in [0.2, 0.25) is 5.91 Å². The van der Waals surface area contributed by atoms with Crippen LogP contribution >= 0.6 is 15.9 Å². The van der Waals surface area contributed by atoms with E-state index in [1.807, 2.05) is 13.0 Å². The van der Waals surface area contributed by atoms with E-state index < -0.39 is 0 Å². The molecule has 1 aromatic rings. The molecule has 0 bridgehead atoms. The van der Waals surface area contributed by atoms with E-state index in [2.05, 4.69) is 26.2 Å². The quantitative estimate of drug-likeness (QED) is 0.823. The number of carbonyl (C=O) groups excluding carboxylic acids is 1. The number of nitrogens with one attached hydrogen (secondary N) is 1. The second-order valence-electron chi connectivity index (χ2n) is 3.39. The van der Waals surface area contributed by atoms with Gasteiger partial charge in [0.05, 0.1) is 11.4 Å². The average Bonchev–Trinajstić information content (AvgIpc) is 2.20. The molecule has 1 rings (SSSR count). The highest BCUT2D eigenvalue weighted by atomic mass is 79.9. The minimum Gasteiger partial charge on any atom is -0.330 e. The largest absolute Gasteiger partial charge is 0.330 e. The summed E-state index contributed by atoms with van der Waals surface area (Å²) >= 11 is 3.26. The molecule has 0 aliphatic rings. The fourth-order valence-corrected chi connectivity index (χ4v) is 1.42. The Hall–Kier alpha value is -0.940. The van der Waals surface area contributed by atoms with Gasteiger partial charge in [-0.05, 0) is 35.0 Å². The summed E-state index contributed by atoms with van der Waals surface area (Å²) < 4.78 is 0.755. The molecule has 1 unspecified atom stereocenters. The van der Waals surface area contributed by atoms with Crippen LogP contribution in [-0.4, -0.2) is 17.4 Å². The topological polar surface area (TPSA) is 68.0 Å². The second-order valence-corrected chi connectivity index (χ2v) is 4.21. The van der Waals surface area contributed by atoms with Gasteiger partial charge in [0, 0.05) is 12.5 Å². The van der Waals surface area contributed by atoms with Crippen molar-refractivity contribution in [2.45, 2.75) is 13.8 Å². The number of rotatable bonds is 3. The van der Waals surface area contributed by atoms with Crippen molar-refractivity contribution in [3.63, 3.8) is 0 Å². The number of aryl methyl sites for hydroxylation is 1. The Kier molecular flexibility index (Phi) is 4.23. The summed E-state index contributed by atoms with van der Waals surface area (Å²) in [5.41, 5.74) is 6.91. The van der Waals surface area contributed by atoms with Gasteiger partial charge in [-0.3, -0.25) is 4.79 Å². The Morgan fingerprint density at radius 1 is 1.67 bits per heavy atom. The van der Waals surface area contributed by atoms with Gasteiger partial charge < -0.3 is 11.1 Å². The standard InChI is InChI=1S/C10H14BrN3O/c1-6(5-12)10(15)14-8-3-4-9(11)13-7(8)2/h3-4,6H,5,12H2,1-2H3,(H,14,15). The van der Waals surface area contributed by atoms with Crippen LogP contribution in [0, 0.1) is 12.8 Å². The third-order valence-electron chi connectivity index (χ3n) is 2.11. The first kappa shape index (κ1) is 12.1. The molecule has 0 radical (unpaired) electrons. The maximum absolute atomic E-state index is 11.6. The van der Waals surface area contributed by atoms with Crippen LogP contribution in [0.2, 0.25) is 0 Å². The van der Waals surface area contributed by atoms with E-state index in [1.54, 1.807) is 13.0 Å². The fraction of sp³-hybridized carbons (Fsp3) is 0.400. The number of anilines is 1. The number of amides is 1.